The van der Waals surface area contributed by atoms with Crippen LogP contribution in [0.2, 0.25) is 0 Å². The molecule has 2 N–H and O–H groups in total. The normalized spacial score (nSPS) is 25.1. The maximum atomic E-state index is 12.0. The Morgan fingerprint density at radius 3 is 2.65 bits per heavy atom. The molecule has 4 nitrogen and oxygen atoms in total. The lowest BCUT2D eigenvalue weighted by molar-refractivity contribution is -0.123. The molecule has 0 saturated carbocycles. The predicted molar refractivity (Wildman–Crippen MR) is 82.5 cm³/mol. The predicted octanol–water partition coefficient (Wildman–Crippen LogP) is 2.02. The maximum absolute atomic E-state index is 12.0. The summed E-state index contributed by atoms with van der Waals surface area (Å²) in [6, 6.07) is 0.394. The third kappa shape index (κ3) is 5.80. The van der Waals surface area contributed by atoms with Crippen molar-refractivity contribution < 1.29 is 9.90 Å². The van der Waals surface area contributed by atoms with E-state index < -0.39 is 0 Å². The first-order chi connectivity index (χ1) is 9.43. The van der Waals surface area contributed by atoms with Crippen molar-refractivity contribution in [1.82, 2.24) is 10.2 Å². The van der Waals surface area contributed by atoms with Gasteiger partial charge in [-0.05, 0) is 38.1 Å². The van der Waals surface area contributed by atoms with Gasteiger partial charge < -0.3 is 10.4 Å². The van der Waals surface area contributed by atoms with Gasteiger partial charge in [-0.1, -0.05) is 33.6 Å². The Bertz CT molecular complexity index is 294. The molecule has 1 aliphatic rings. The first-order valence-electron chi connectivity index (χ1n) is 8.08. The van der Waals surface area contributed by atoms with Crippen LogP contribution in [0.3, 0.4) is 0 Å². The van der Waals surface area contributed by atoms with Crippen LogP contribution in [0.25, 0.3) is 0 Å². The number of aliphatic hydroxyl groups excluding tert-OH is 1. The van der Waals surface area contributed by atoms with E-state index in [1.165, 1.54) is 12.8 Å². The zero-order valence-electron chi connectivity index (χ0n) is 13.6. The number of hydrogen-bond acceptors (Lipinski definition) is 3. The van der Waals surface area contributed by atoms with Crippen molar-refractivity contribution in [3.05, 3.63) is 0 Å². The number of carbonyl (C=O) groups excluding carboxylic acids is 1. The molecule has 1 fully saturated rings. The molecule has 0 radical (unpaired) electrons. The van der Waals surface area contributed by atoms with Gasteiger partial charge in [0.15, 0.2) is 0 Å². The SMILES string of the molecule is CC(C)CCCC(C)NC(=O)CN1CCC(C)C1CO. The first-order valence-corrected chi connectivity index (χ1v) is 8.08. The van der Waals surface area contributed by atoms with Gasteiger partial charge in [0.1, 0.15) is 0 Å². The Labute approximate surface area is 123 Å². The number of aliphatic hydroxyl groups is 1. The molecule has 1 aliphatic heterocycles. The van der Waals surface area contributed by atoms with Crippen LogP contribution in [0.5, 0.6) is 0 Å². The molecule has 1 amide bonds. The van der Waals surface area contributed by atoms with Gasteiger partial charge in [-0.2, -0.15) is 0 Å². The number of likely N-dealkylation sites (tertiary alicyclic amines) is 1. The van der Waals surface area contributed by atoms with E-state index in [1.807, 2.05) is 0 Å². The van der Waals surface area contributed by atoms with E-state index >= 15 is 0 Å². The van der Waals surface area contributed by atoms with Crippen LogP contribution in [-0.4, -0.2) is 47.7 Å². The molecular formula is C16H32N2O2. The molecule has 1 saturated heterocycles. The monoisotopic (exact) mass is 284 g/mol. The van der Waals surface area contributed by atoms with Gasteiger partial charge in [0.2, 0.25) is 5.91 Å². The molecule has 0 spiro atoms. The summed E-state index contributed by atoms with van der Waals surface area (Å²) in [5, 5.41) is 12.5. The zero-order chi connectivity index (χ0) is 15.1. The largest absolute Gasteiger partial charge is 0.395 e. The topological polar surface area (TPSA) is 52.6 Å². The highest BCUT2D eigenvalue weighted by molar-refractivity contribution is 5.78. The van der Waals surface area contributed by atoms with Crippen LogP contribution < -0.4 is 5.32 Å². The lowest BCUT2D eigenvalue weighted by Gasteiger charge is -2.25. The average molecular weight is 284 g/mol. The molecule has 4 heteroatoms. The lowest BCUT2D eigenvalue weighted by Crippen LogP contribution is -2.44. The molecular weight excluding hydrogens is 252 g/mol. The van der Waals surface area contributed by atoms with Gasteiger partial charge in [-0.15, -0.1) is 0 Å². The molecule has 3 unspecified atom stereocenters. The van der Waals surface area contributed by atoms with Gasteiger partial charge >= 0.3 is 0 Å². The Balaban J connectivity index is 2.25. The molecule has 1 heterocycles. The summed E-state index contributed by atoms with van der Waals surface area (Å²) >= 11 is 0. The van der Waals surface area contributed by atoms with Crippen molar-refractivity contribution in [2.45, 2.75) is 65.5 Å². The van der Waals surface area contributed by atoms with E-state index in [4.69, 9.17) is 0 Å². The highest BCUT2D eigenvalue weighted by atomic mass is 16.3. The third-order valence-corrected chi connectivity index (χ3v) is 4.36. The maximum Gasteiger partial charge on any atom is 0.234 e. The first kappa shape index (κ1) is 17.4. The summed E-state index contributed by atoms with van der Waals surface area (Å²) < 4.78 is 0. The number of hydrogen-bond donors (Lipinski definition) is 2. The third-order valence-electron chi connectivity index (χ3n) is 4.36. The number of rotatable bonds is 8. The minimum absolute atomic E-state index is 0.0922. The smallest absolute Gasteiger partial charge is 0.234 e. The molecule has 20 heavy (non-hydrogen) atoms. The van der Waals surface area contributed by atoms with Gasteiger partial charge in [-0.25, -0.2) is 0 Å². The minimum atomic E-state index is 0.0922. The highest BCUT2D eigenvalue weighted by Gasteiger charge is 2.31. The van der Waals surface area contributed by atoms with E-state index in [1.54, 1.807) is 0 Å². The van der Waals surface area contributed by atoms with Crippen molar-refractivity contribution in [3.8, 4) is 0 Å². The molecule has 118 valence electrons. The number of carbonyl (C=O) groups is 1. The summed E-state index contributed by atoms with van der Waals surface area (Å²) in [5.74, 6) is 1.31. The molecule has 0 bridgehead atoms. The summed E-state index contributed by atoms with van der Waals surface area (Å²) in [6.07, 6.45) is 4.50. The molecule has 0 aliphatic carbocycles. The van der Waals surface area contributed by atoms with Crippen molar-refractivity contribution in [2.24, 2.45) is 11.8 Å². The fourth-order valence-corrected chi connectivity index (χ4v) is 2.99. The van der Waals surface area contributed by atoms with Crippen LogP contribution in [0.15, 0.2) is 0 Å². The minimum Gasteiger partial charge on any atom is -0.395 e. The zero-order valence-corrected chi connectivity index (χ0v) is 13.6. The van der Waals surface area contributed by atoms with Gasteiger partial charge in [-0.3, -0.25) is 9.69 Å². The second kappa shape index (κ2) is 8.63. The Kier molecular flexibility index (Phi) is 7.52. The molecule has 0 aromatic heterocycles. The quantitative estimate of drug-likeness (QED) is 0.717. The van der Waals surface area contributed by atoms with E-state index in [0.29, 0.717) is 12.5 Å². The fraction of sp³-hybridized carbons (Fsp3) is 0.938. The second-order valence-electron chi connectivity index (χ2n) is 6.78. The summed E-state index contributed by atoms with van der Waals surface area (Å²) in [4.78, 5) is 14.2. The molecule has 3 atom stereocenters. The van der Waals surface area contributed by atoms with Crippen LogP contribution >= 0.6 is 0 Å². The Morgan fingerprint density at radius 2 is 2.05 bits per heavy atom. The van der Waals surface area contributed by atoms with Crippen LogP contribution in [0, 0.1) is 11.8 Å². The second-order valence-corrected chi connectivity index (χ2v) is 6.78. The van der Waals surface area contributed by atoms with Crippen LogP contribution in [0.1, 0.15) is 53.4 Å². The van der Waals surface area contributed by atoms with E-state index in [0.717, 1.165) is 25.3 Å². The molecule has 1 rings (SSSR count). The van der Waals surface area contributed by atoms with Crippen molar-refractivity contribution in [2.75, 3.05) is 19.7 Å². The van der Waals surface area contributed by atoms with Crippen molar-refractivity contribution in [1.29, 1.82) is 0 Å². The average Bonchev–Trinajstić information content (AvgIpc) is 2.68. The summed E-state index contributed by atoms with van der Waals surface area (Å²) in [6.45, 7) is 10.2. The van der Waals surface area contributed by atoms with E-state index in [2.05, 4.69) is 37.9 Å². The van der Waals surface area contributed by atoms with E-state index in [9.17, 15) is 9.90 Å². The molecule has 0 aromatic carbocycles. The summed E-state index contributed by atoms with van der Waals surface area (Å²) in [5.41, 5.74) is 0. The van der Waals surface area contributed by atoms with Crippen molar-refractivity contribution >= 4 is 5.91 Å². The fourth-order valence-electron chi connectivity index (χ4n) is 2.99. The summed E-state index contributed by atoms with van der Waals surface area (Å²) in [7, 11) is 0. The van der Waals surface area contributed by atoms with Crippen LogP contribution in [0.4, 0.5) is 0 Å². The highest BCUT2D eigenvalue weighted by Crippen LogP contribution is 2.22. The number of nitrogens with one attached hydrogen (secondary N) is 1. The van der Waals surface area contributed by atoms with Gasteiger partial charge in [0.25, 0.3) is 0 Å². The standard InChI is InChI=1S/C16H32N2O2/c1-12(2)6-5-7-14(4)17-16(20)10-18-9-8-13(3)15(18)11-19/h12-15,19H,5-11H2,1-4H3,(H,17,20). The van der Waals surface area contributed by atoms with E-state index in [-0.39, 0.29) is 24.6 Å². The Morgan fingerprint density at radius 1 is 1.35 bits per heavy atom. The molecule has 0 aromatic rings. The van der Waals surface area contributed by atoms with Gasteiger partial charge in [0, 0.05) is 12.1 Å². The number of nitrogens with zero attached hydrogens (tertiary/aromatic N) is 1. The lowest BCUT2D eigenvalue weighted by atomic mass is 10.0. The Hall–Kier alpha value is -0.610. The van der Waals surface area contributed by atoms with Crippen LogP contribution in [-0.2, 0) is 4.79 Å². The van der Waals surface area contributed by atoms with Gasteiger partial charge in [0.05, 0.1) is 13.2 Å². The number of amides is 1. The van der Waals surface area contributed by atoms with Crippen molar-refractivity contribution in [3.63, 3.8) is 0 Å².